The Bertz CT molecular complexity index is 1420. The number of pyridine rings is 1. The summed E-state index contributed by atoms with van der Waals surface area (Å²) in [5.74, 6) is 1.89. The first kappa shape index (κ1) is 24.7. The van der Waals surface area contributed by atoms with Crippen LogP contribution in [-0.4, -0.2) is 30.2 Å². The molecule has 0 aliphatic heterocycles. The summed E-state index contributed by atoms with van der Waals surface area (Å²) >= 11 is 15.0. The number of hydrogen-bond acceptors (Lipinski definition) is 6. The monoisotopic (exact) mass is 571 g/mol. The molecule has 178 valence electrons. The third kappa shape index (κ3) is 5.82. The number of nitrogens with zero attached hydrogens (tertiary/aromatic N) is 1. The van der Waals surface area contributed by atoms with E-state index in [9.17, 15) is 4.79 Å². The van der Waals surface area contributed by atoms with Gasteiger partial charge in [-0.2, -0.15) is 0 Å². The zero-order chi connectivity index (χ0) is 24.9. The molecular weight excluding hydrogens is 554 g/mol. The Kier molecular flexibility index (Phi) is 7.70. The summed E-state index contributed by atoms with van der Waals surface area (Å²) in [7, 11) is 3.14. The molecule has 0 saturated carbocycles. The lowest BCUT2D eigenvalue weighted by Gasteiger charge is -2.14. The summed E-state index contributed by atoms with van der Waals surface area (Å²) in [5, 5.41) is 6.80. The number of rotatable bonds is 6. The van der Waals surface area contributed by atoms with E-state index in [2.05, 4.69) is 31.5 Å². The van der Waals surface area contributed by atoms with Gasteiger partial charge in [0.1, 0.15) is 11.5 Å². The van der Waals surface area contributed by atoms with Crippen molar-refractivity contribution in [2.45, 2.75) is 0 Å². The zero-order valence-corrected chi connectivity index (χ0v) is 21.8. The highest BCUT2D eigenvalue weighted by molar-refractivity contribution is 9.10. The maximum Gasteiger partial charge on any atom is 0.257 e. The zero-order valence-electron chi connectivity index (χ0n) is 18.6. The number of thiocarbonyl (C=S) groups is 1. The van der Waals surface area contributed by atoms with Crippen LogP contribution in [0, 0.1) is 0 Å². The molecule has 4 aromatic rings. The van der Waals surface area contributed by atoms with Gasteiger partial charge in [-0.25, -0.2) is 0 Å². The second kappa shape index (κ2) is 10.9. The fraction of sp³-hybridized carbons (Fsp3) is 0.0800. The summed E-state index contributed by atoms with van der Waals surface area (Å²) in [6.45, 7) is 0. The third-order valence-corrected chi connectivity index (χ3v) is 6.00. The number of amides is 1. The fourth-order valence-electron chi connectivity index (χ4n) is 3.25. The van der Waals surface area contributed by atoms with E-state index in [1.165, 1.54) is 0 Å². The molecule has 0 unspecified atom stereocenters. The van der Waals surface area contributed by atoms with Gasteiger partial charge in [-0.3, -0.25) is 15.1 Å². The number of methoxy groups -OCH3 is 2. The molecule has 0 aliphatic carbocycles. The minimum absolute atomic E-state index is 0.120. The predicted octanol–water partition coefficient (Wildman–Crippen LogP) is 6.59. The molecule has 1 amide bonds. The van der Waals surface area contributed by atoms with Gasteiger partial charge in [0.05, 0.1) is 30.4 Å². The molecule has 1 aromatic heterocycles. The topological polar surface area (TPSA) is 81.7 Å². The molecule has 3 aromatic carbocycles. The van der Waals surface area contributed by atoms with Crippen molar-refractivity contribution in [2.75, 3.05) is 19.5 Å². The number of halogens is 2. The van der Waals surface area contributed by atoms with E-state index >= 15 is 0 Å². The fourth-order valence-corrected chi connectivity index (χ4v) is 3.94. The molecule has 0 bridgehead atoms. The highest BCUT2D eigenvalue weighted by Crippen LogP contribution is 2.37. The van der Waals surface area contributed by atoms with E-state index in [1.54, 1.807) is 81.1 Å². The Labute approximate surface area is 220 Å². The second-order valence-electron chi connectivity index (χ2n) is 7.19. The van der Waals surface area contributed by atoms with E-state index in [4.69, 9.17) is 38.0 Å². The van der Waals surface area contributed by atoms with Gasteiger partial charge in [0, 0.05) is 33.8 Å². The number of fused-ring (bicyclic) bond motifs is 1. The molecular formula is C25H19BrClN3O4S. The highest BCUT2D eigenvalue weighted by Gasteiger charge is 2.13. The Morgan fingerprint density at radius 1 is 0.971 bits per heavy atom. The van der Waals surface area contributed by atoms with E-state index in [0.29, 0.717) is 44.8 Å². The van der Waals surface area contributed by atoms with Crippen molar-refractivity contribution < 1.29 is 19.0 Å². The molecule has 0 atom stereocenters. The van der Waals surface area contributed by atoms with Gasteiger partial charge in [-0.15, -0.1) is 0 Å². The van der Waals surface area contributed by atoms with Crippen molar-refractivity contribution in [2.24, 2.45) is 0 Å². The van der Waals surface area contributed by atoms with E-state index < -0.39 is 0 Å². The first-order chi connectivity index (χ1) is 16.9. The Morgan fingerprint density at radius 2 is 1.69 bits per heavy atom. The Balaban J connectivity index is 1.48. The van der Waals surface area contributed by atoms with Crippen molar-refractivity contribution in [3.8, 4) is 23.0 Å². The van der Waals surface area contributed by atoms with Crippen LogP contribution < -0.4 is 24.8 Å². The van der Waals surface area contributed by atoms with Crippen LogP contribution in [0.15, 0.2) is 71.3 Å². The molecule has 4 rings (SSSR count). The van der Waals surface area contributed by atoms with Gasteiger partial charge in [-0.1, -0.05) is 27.5 Å². The molecule has 0 spiro atoms. The summed E-state index contributed by atoms with van der Waals surface area (Å²) in [5.41, 5.74) is 1.69. The van der Waals surface area contributed by atoms with Crippen LogP contribution in [0.1, 0.15) is 10.4 Å². The predicted molar refractivity (Wildman–Crippen MR) is 144 cm³/mol. The molecule has 0 aliphatic rings. The Morgan fingerprint density at radius 3 is 2.37 bits per heavy atom. The van der Waals surface area contributed by atoms with Crippen LogP contribution in [0.25, 0.3) is 10.9 Å². The number of benzene rings is 3. The maximum atomic E-state index is 12.4. The number of anilines is 1. The van der Waals surface area contributed by atoms with E-state index in [0.717, 1.165) is 9.86 Å². The summed E-state index contributed by atoms with van der Waals surface area (Å²) < 4.78 is 17.7. The molecule has 1 heterocycles. The summed E-state index contributed by atoms with van der Waals surface area (Å²) in [6, 6.07) is 17.4. The molecule has 10 heteroatoms. The van der Waals surface area contributed by atoms with Crippen molar-refractivity contribution in [3.05, 3.63) is 81.9 Å². The van der Waals surface area contributed by atoms with E-state index in [1.807, 2.05) is 0 Å². The van der Waals surface area contributed by atoms with Gasteiger partial charge in [0.15, 0.2) is 16.6 Å². The van der Waals surface area contributed by atoms with Crippen molar-refractivity contribution >= 4 is 67.4 Å². The first-order valence-corrected chi connectivity index (χ1v) is 11.8. The Hall–Kier alpha value is -3.40. The van der Waals surface area contributed by atoms with Gasteiger partial charge < -0.3 is 19.5 Å². The molecule has 0 fully saturated rings. The highest BCUT2D eigenvalue weighted by atomic mass is 79.9. The van der Waals surface area contributed by atoms with Crippen LogP contribution in [0.4, 0.5) is 5.69 Å². The second-order valence-corrected chi connectivity index (χ2v) is 8.92. The number of ether oxygens (including phenoxy) is 3. The van der Waals surface area contributed by atoms with Gasteiger partial charge in [0.2, 0.25) is 0 Å². The van der Waals surface area contributed by atoms with Crippen molar-refractivity contribution in [1.82, 2.24) is 10.3 Å². The number of nitrogens with one attached hydrogen (secondary N) is 2. The van der Waals surface area contributed by atoms with Crippen LogP contribution in [-0.2, 0) is 0 Å². The normalized spacial score (nSPS) is 10.5. The van der Waals surface area contributed by atoms with Crippen LogP contribution in [0.3, 0.4) is 0 Å². The van der Waals surface area contributed by atoms with Gasteiger partial charge in [-0.05, 0) is 60.7 Å². The number of hydrogen-bond donors (Lipinski definition) is 2. The lowest BCUT2D eigenvalue weighted by Crippen LogP contribution is -2.34. The van der Waals surface area contributed by atoms with Crippen LogP contribution in [0.2, 0.25) is 5.02 Å². The minimum Gasteiger partial charge on any atom is -0.493 e. The third-order valence-electron chi connectivity index (χ3n) is 4.96. The lowest BCUT2D eigenvalue weighted by atomic mass is 10.2. The smallest absolute Gasteiger partial charge is 0.257 e. The first-order valence-electron chi connectivity index (χ1n) is 10.2. The van der Waals surface area contributed by atoms with Crippen molar-refractivity contribution in [1.29, 1.82) is 0 Å². The molecule has 2 N–H and O–H groups in total. The standard InChI is InChI=1S/C25H19BrClN3O4S/c1-32-22-12-17-20(13-23(22)33-2)28-10-9-21(17)34-16-7-8-19(18(27)11-16)29-25(35)30-24(31)14-3-5-15(26)6-4-14/h3-13H,1-2H3,(H2,29,30,31,35). The average Bonchev–Trinajstić information content (AvgIpc) is 2.85. The lowest BCUT2D eigenvalue weighted by molar-refractivity contribution is 0.0977. The maximum absolute atomic E-state index is 12.4. The van der Waals surface area contributed by atoms with Gasteiger partial charge in [0.25, 0.3) is 5.91 Å². The number of aromatic nitrogens is 1. The van der Waals surface area contributed by atoms with Crippen LogP contribution >= 0.6 is 39.7 Å². The molecule has 0 radical (unpaired) electrons. The number of carbonyl (C=O) groups is 1. The van der Waals surface area contributed by atoms with Crippen LogP contribution in [0.5, 0.6) is 23.0 Å². The molecule has 0 saturated heterocycles. The summed E-state index contributed by atoms with van der Waals surface area (Å²) in [4.78, 5) is 16.7. The quantitative estimate of drug-likeness (QED) is 0.252. The SMILES string of the molecule is COc1cc2nccc(Oc3ccc(NC(=S)NC(=O)c4ccc(Br)cc4)c(Cl)c3)c2cc1OC. The largest absolute Gasteiger partial charge is 0.493 e. The average molecular weight is 573 g/mol. The molecule has 35 heavy (non-hydrogen) atoms. The molecule has 7 nitrogen and oxygen atoms in total. The van der Waals surface area contributed by atoms with E-state index in [-0.39, 0.29) is 11.0 Å². The van der Waals surface area contributed by atoms with Gasteiger partial charge >= 0.3 is 0 Å². The number of carbonyl (C=O) groups excluding carboxylic acids is 1. The summed E-state index contributed by atoms with van der Waals surface area (Å²) in [6.07, 6.45) is 1.65. The van der Waals surface area contributed by atoms with Crippen molar-refractivity contribution in [3.63, 3.8) is 0 Å². The minimum atomic E-state index is -0.331.